The van der Waals surface area contributed by atoms with Gasteiger partial charge in [0.1, 0.15) is 6.10 Å². The Bertz CT molecular complexity index is 388. The van der Waals surface area contributed by atoms with Crippen LogP contribution in [0.25, 0.3) is 0 Å². The number of ether oxygens (including phenoxy) is 1. The van der Waals surface area contributed by atoms with E-state index in [9.17, 15) is 19.2 Å². The summed E-state index contributed by atoms with van der Waals surface area (Å²) >= 11 is 0. The number of nitrogens with zero attached hydrogens (tertiary/aromatic N) is 1. The minimum Gasteiger partial charge on any atom is -0.394 e. The molecule has 0 aromatic heterocycles. The molecule has 2 aliphatic heterocycles. The molecule has 1 fully saturated rings. The molecule has 8 heteroatoms. The fourth-order valence-electron chi connectivity index (χ4n) is 1.82. The van der Waals surface area contributed by atoms with Crippen LogP contribution in [0, 0.1) is 0 Å². The Morgan fingerprint density at radius 1 is 1.59 bits per heavy atom. The summed E-state index contributed by atoms with van der Waals surface area (Å²) in [4.78, 5) is 22.2. The van der Waals surface area contributed by atoms with Gasteiger partial charge < -0.3 is 14.9 Å². The van der Waals surface area contributed by atoms with Gasteiger partial charge in [-0.2, -0.15) is 0 Å². The highest BCUT2D eigenvalue weighted by atomic mass is 19.2. The number of halogens is 1. The van der Waals surface area contributed by atoms with E-state index in [4.69, 9.17) is 9.84 Å². The van der Waals surface area contributed by atoms with Gasteiger partial charge in [-0.15, -0.1) is 0 Å². The molecule has 0 radical (unpaired) electrons. The largest absolute Gasteiger partial charge is 0.468 e. The fourth-order valence-corrected chi connectivity index (χ4v) is 1.82. The van der Waals surface area contributed by atoms with Crippen LogP contribution >= 0.6 is 0 Å². The number of rotatable bonds is 2. The van der Waals surface area contributed by atoms with E-state index in [-0.39, 0.29) is 6.42 Å². The Labute approximate surface area is 95.6 Å². The lowest BCUT2D eigenvalue weighted by Crippen LogP contribution is -2.57. The molecule has 1 saturated heterocycles. The highest BCUT2D eigenvalue weighted by molar-refractivity contribution is 5.99. The van der Waals surface area contributed by atoms with Crippen molar-refractivity contribution in [2.45, 2.75) is 24.9 Å². The lowest BCUT2D eigenvalue weighted by atomic mass is 10.2. The van der Waals surface area contributed by atoms with Crippen molar-refractivity contribution < 1.29 is 33.7 Å². The van der Waals surface area contributed by atoms with Crippen LogP contribution in [0.3, 0.4) is 0 Å². The maximum atomic E-state index is 14.3. The first-order valence-corrected chi connectivity index (χ1v) is 5.04. The van der Waals surface area contributed by atoms with Gasteiger partial charge in [-0.25, -0.2) is 10.1 Å². The summed E-state index contributed by atoms with van der Waals surface area (Å²) in [5.74, 6) is -0.710. The molecule has 2 heterocycles. The molecule has 0 saturated carbocycles. The van der Waals surface area contributed by atoms with E-state index < -0.39 is 41.7 Å². The molecule has 0 bridgehead atoms. The number of carbonyl (C=O) groups excluding carboxylic acids is 2. The average molecular weight is 247 g/mol. The predicted molar refractivity (Wildman–Crippen MR) is 50.4 cm³/mol. The highest BCUT2D eigenvalue weighted by Gasteiger charge is 2.55. The van der Waals surface area contributed by atoms with Gasteiger partial charge in [0.15, 0.2) is 6.20 Å². The number of aliphatic hydroxyl groups is 2. The van der Waals surface area contributed by atoms with Crippen molar-refractivity contribution in [1.82, 2.24) is 5.32 Å². The summed E-state index contributed by atoms with van der Waals surface area (Å²) in [6.45, 7) is -0.470. The number of quaternary nitrogens is 1. The van der Waals surface area contributed by atoms with Crippen molar-refractivity contribution in [3.63, 3.8) is 0 Å². The number of urea groups is 1. The predicted octanol–water partition coefficient (Wildman–Crippen LogP) is -1.08. The van der Waals surface area contributed by atoms with E-state index in [2.05, 4.69) is 0 Å². The minimum absolute atomic E-state index is 0.145. The zero-order chi connectivity index (χ0) is 12.6. The first kappa shape index (κ1) is 12.1. The third-order valence-electron chi connectivity index (χ3n) is 2.79. The smallest absolute Gasteiger partial charge is 0.394 e. The molecule has 94 valence electrons. The Kier molecular flexibility index (Phi) is 2.96. The summed E-state index contributed by atoms with van der Waals surface area (Å²) in [6.07, 6.45) is -1.75. The molecule has 1 unspecified atom stereocenters. The number of carbonyl (C=O) groups is 2. The van der Waals surface area contributed by atoms with Gasteiger partial charge in [0.2, 0.25) is 6.23 Å². The van der Waals surface area contributed by atoms with Crippen LogP contribution in [0.2, 0.25) is 0 Å². The van der Waals surface area contributed by atoms with E-state index in [1.165, 1.54) is 0 Å². The van der Waals surface area contributed by atoms with Crippen molar-refractivity contribution in [1.29, 1.82) is 0 Å². The van der Waals surface area contributed by atoms with Crippen molar-refractivity contribution >= 4 is 11.9 Å². The number of amides is 3. The first-order chi connectivity index (χ1) is 7.97. The monoisotopic (exact) mass is 247 g/mol. The van der Waals surface area contributed by atoms with E-state index in [1.54, 1.807) is 5.32 Å². The first-order valence-electron chi connectivity index (χ1n) is 5.04. The van der Waals surface area contributed by atoms with Gasteiger partial charge in [0, 0.05) is 9.19 Å². The molecule has 3 amide bonds. The molecule has 0 aliphatic carbocycles. The van der Waals surface area contributed by atoms with Gasteiger partial charge in [0.05, 0.1) is 25.2 Å². The second-order valence-electron chi connectivity index (χ2n) is 3.91. The van der Waals surface area contributed by atoms with Crippen LogP contribution in [-0.4, -0.2) is 51.9 Å². The van der Waals surface area contributed by atoms with Crippen molar-refractivity contribution in [3.05, 3.63) is 12.3 Å². The van der Waals surface area contributed by atoms with E-state index >= 15 is 0 Å². The van der Waals surface area contributed by atoms with Gasteiger partial charge in [-0.05, 0) is 0 Å². The topological polar surface area (TPSA) is 95.9 Å². The maximum Gasteiger partial charge on any atom is 0.468 e. The molecule has 7 nitrogen and oxygen atoms in total. The molecule has 0 aromatic carbocycles. The third kappa shape index (κ3) is 1.95. The molecular weight excluding hydrogens is 235 g/mol. The molecule has 17 heavy (non-hydrogen) atoms. The molecule has 0 aromatic rings. The lowest BCUT2D eigenvalue weighted by Gasteiger charge is -2.26. The summed E-state index contributed by atoms with van der Waals surface area (Å²) < 4.78 is 17.6. The lowest BCUT2D eigenvalue weighted by molar-refractivity contribution is -0.984. The number of nitrogens with one attached hydrogen (secondary N) is 1. The van der Waals surface area contributed by atoms with E-state index in [0.717, 1.165) is 12.3 Å². The SMILES string of the molecule is O=C1C=C[N+](F)([C@H]2C[C@H](O)[C@@H](CO)O2)C(=O)N1. The number of hydrogen-bond acceptors (Lipinski definition) is 5. The highest BCUT2D eigenvalue weighted by Crippen LogP contribution is 2.31. The Morgan fingerprint density at radius 2 is 2.29 bits per heavy atom. The van der Waals surface area contributed by atoms with Crippen LogP contribution in [0.5, 0.6) is 0 Å². The van der Waals surface area contributed by atoms with E-state index in [1.807, 2.05) is 0 Å². The summed E-state index contributed by atoms with van der Waals surface area (Å²) in [5.41, 5.74) is 0. The second-order valence-corrected chi connectivity index (χ2v) is 3.91. The quantitative estimate of drug-likeness (QED) is 0.539. The minimum atomic E-state index is -1.76. The Balaban J connectivity index is 2.20. The standard InChI is InChI=1S/C9H11FN2O5/c10-12(2-1-7(15)11-9(12)16)8-3-5(14)6(4-13)17-8/h1-2,5-6,8,13-14H,3-4H2/p+1/t5-,6+,8+,12?/m0/s1. The normalized spacial score (nSPS) is 41.7. The van der Waals surface area contributed by atoms with E-state index in [0.29, 0.717) is 0 Å². The van der Waals surface area contributed by atoms with Crippen LogP contribution in [0.1, 0.15) is 6.42 Å². The number of hydrogen-bond donors (Lipinski definition) is 3. The summed E-state index contributed by atoms with van der Waals surface area (Å²) in [5, 5.41) is 20.1. The number of imide groups is 1. The van der Waals surface area contributed by atoms with Gasteiger partial charge >= 0.3 is 6.03 Å². The van der Waals surface area contributed by atoms with Crippen LogP contribution in [0.4, 0.5) is 9.28 Å². The van der Waals surface area contributed by atoms with Crippen LogP contribution in [-0.2, 0) is 9.53 Å². The van der Waals surface area contributed by atoms with Gasteiger partial charge in [0.25, 0.3) is 5.91 Å². The maximum absolute atomic E-state index is 14.3. The Morgan fingerprint density at radius 3 is 2.82 bits per heavy atom. The fraction of sp³-hybridized carbons (Fsp3) is 0.556. The van der Waals surface area contributed by atoms with Crippen molar-refractivity contribution in [2.75, 3.05) is 6.61 Å². The molecule has 3 N–H and O–H groups in total. The molecule has 2 aliphatic rings. The second kappa shape index (κ2) is 4.15. The third-order valence-corrected chi connectivity index (χ3v) is 2.79. The Hall–Kier alpha value is -1.35. The van der Waals surface area contributed by atoms with Crippen LogP contribution < -0.4 is 5.32 Å². The van der Waals surface area contributed by atoms with Gasteiger partial charge in [-0.1, -0.05) is 0 Å². The summed E-state index contributed by atoms with van der Waals surface area (Å²) in [6, 6.07) is -1.17. The molecule has 4 atom stereocenters. The average Bonchev–Trinajstić information content (AvgIpc) is 2.66. The zero-order valence-electron chi connectivity index (χ0n) is 8.75. The molecular formula is C9H12FN2O5+. The number of aliphatic hydroxyl groups excluding tert-OH is 2. The van der Waals surface area contributed by atoms with Crippen molar-refractivity contribution in [2.24, 2.45) is 0 Å². The zero-order valence-corrected chi connectivity index (χ0v) is 8.75. The molecule has 0 spiro atoms. The van der Waals surface area contributed by atoms with Crippen molar-refractivity contribution in [3.8, 4) is 0 Å². The van der Waals surface area contributed by atoms with Gasteiger partial charge in [-0.3, -0.25) is 4.79 Å². The molecule has 2 rings (SSSR count). The summed E-state index contributed by atoms with van der Waals surface area (Å²) in [7, 11) is 0. The van der Waals surface area contributed by atoms with Crippen LogP contribution in [0.15, 0.2) is 12.3 Å².